The van der Waals surface area contributed by atoms with E-state index in [4.69, 9.17) is 0 Å². The van der Waals surface area contributed by atoms with Crippen LogP contribution in [-0.4, -0.2) is 0 Å². The van der Waals surface area contributed by atoms with E-state index in [1.54, 1.807) is 25.7 Å². The maximum absolute atomic E-state index is 1.59. The minimum absolute atomic E-state index is 1.25. The van der Waals surface area contributed by atoms with Gasteiger partial charge in [-0.2, -0.15) is 0 Å². The standard InChI is InChI=1S/C8H12/c1-2-4-6-7-5(3-1)8(6)7/h5-8H,1-4H2. The van der Waals surface area contributed by atoms with Crippen LogP contribution in [-0.2, 0) is 0 Å². The highest BCUT2D eigenvalue weighted by Gasteiger charge is 2.72. The predicted octanol–water partition coefficient (Wildman–Crippen LogP) is 2.05. The zero-order chi connectivity index (χ0) is 5.14. The lowest BCUT2D eigenvalue weighted by Crippen LogP contribution is -1.93. The van der Waals surface area contributed by atoms with Crippen LogP contribution in [0, 0.1) is 23.7 Å². The van der Waals surface area contributed by atoms with Crippen LogP contribution in [0.4, 0.5) is 0 Å². The molecule has 0 unspecified atom stereocenters. The summed E-state index contributed by atoms with van der Waals surface area (Å²) < 4.78 is 0. The molecule has 2 bridgehead atoms. The Morgan fingerprint density at radius 2 is 1.25 bits per heavy atom. The minimum Gasteiger partial charge on any atom is -0.0530 e. The van der Waals surface area contributed by atoms with Crippen molar-refractivity contribution in [2.45, 2.75) is 25.7 Å². The average molecular weight is 108 g/mol. The van der Waals surface area contributed by atoms with Crippen molar-refractivity contribution in [1.82, 2.24) is 0 Å². The summed E-state index contributed by atoms with van der Waals surface area (Å²) >= 11 is 0. The van der Waals surface area contributed by atoms with Gasteiger partial charge in [0.25, 0.3) is 0 Å². The zero-order valence-electron chi connectivity index (χ0n) is 5.14. The fraction of sp³-hybridized carbons (Fsp3) is 1.00. The molecule has 0 spiro atoms. The fourth-order valence-corrected chi connectivity index (χ4v) is 2.88. The third kappa shape index (κ3) is 0.284. The van der Waals surface area contributed by atoms with Crippen molar-refractivity contribution in [2.75, 3.05) is 0 Å². The second-order valence-corrected chi connectivity index (χ2v) is 3.77. The van der Waals surface area contributed by atoms with Crippen LogP contribution in [0.2, 0.25) is 0 Å². The van der Waals surface area contributed by atoms with Crippen LogP contribution in [0.3, 0.4) is 0 Å². The first-order valence-electron chi connectivity index (χ1n) is 3.98. The van der Waals surface area contributed by atoms with Crippen LogP contribution in [0.15, 0.2) is 0 Å². The van der Waals surface area contributed by atoms with Crippen molar-refractivity contribution in [3.63, 3.8) is 0 Å². The maximum atomic E-state index is 1.59. The molecule has 0 aromatic carbocycles. The van der Waals surface area contributed by atoms with E-state index in [9.17, 15) is 0 Å². The van der Waals surface area contributed by atoms with Crippen LogP contribution >= 0.6 is 0 Å². The number of fused-ring (bicyclic) bond motifs is 3. The molecule has 0 atom stereocenters. The second kappa shape index (κ2) is 0.984. The lowest BCUT2D eigenvalue weighted by molar-refractivity contribution is 0.485. The van der Waals surface area contributed by atoms with Gasteiger partial charge in [0.05, 0.1) is 0 Å². The maximum Gasteiger partial charge on any atom is -0.0318 e. The van der Waals surface area contributed by atoms with Gasteiger partial charge in [0.1, 0.15) is 0 Å². The number of hydrogen-bond donors (Lipinski definition) is 0. The molecule has 0 aromatic heterocycles. The van der Waals surface area contributed by atoms with Gasteiger partial charge in [-0.05, 0) is 36.5 Å². The monoisotopic (exact) mass is 108 g/mol. The van der Waals surface area contributed by atoms with Gasteiger partial charge >= 0.3 is 0 Å². The van der Waals surface area contributed by atoms with Crippen molar-refractivity contribution in [1.29, 1.82) is 0 Å². The van der Waals surface area contributed by atoms with Crippen molar-refractivity contribution >= 4 is 0 Å². The summed E-state index contributed by atoms with van der Waals surface area (Å²) in [4.78, 5) is 0. The lowest BCUT2D eigenvalue weighted by Gasteiger charge is -2.00. The summed E-state index contributed by atoms with van der Waals surface area (Å²) in [5, 5.41) is 0. The lowest BCUT2D eigenvalue weighted by atomic mass is 10.0. The first kappa shape index (κ1) is 3.92. The molecule has 4 fully saturated rings. The first-order chi connectivity index (χ1) is 3.98. The van der Waals surface area contributed by atoms with Crippen LogP contribution < -0.4 is 0 Å². The molecule has 0 aliphatic heterocycles. The molecular weight excluding hydrogens is 96.1 g/mol. The van der Waals surface area contributed by atoms with Crippen molar-refractivity contribution in [2.24, 2.45) is 23.7 Å². The molecule has 0 heterocycles. The van der Waals surface area contributed by atoms with Gasteiger partial charge in [-0.15, -0.1) is 0 Å². The molecule has 4 aliphatic rings. The van der Waals surface area contributed by atoms with Gasteiger partial charge in [-0.1, -0.05) is 12.8 Å². The quantitative estimate of drug-likeness (QED) is 0.445. The summed E-state index contributed by atoms with van der Waals surface area (Å²) in [7, 11) is 0. The molecule has 0 radical (unpaired) electrons. The van der Waals surface area contributed by atoms with E-state index in [0.717, 1.165) is 0 Å². The Labute approximate surface area is 50.3 Å². The van der Waals surface area contributed by atoms with Gasteiger partial charge in [-0.25, -0.2) is 0 Å². The van der Waals surface area contributed by atoms with E-state index < -0.39 is 0 Å². The molecule has 0 amide bonds. The summed E-state index contributed by atoms with van der Waals surface area (Å²) in [6.07, 6.45) is 6.28. The molecule has 4 rings (SSSR count). The summed E-state index contributed by atoms with van der Waals surface area (Å²) in [5.74, 6) is 5.06. The smallest absolute Gasteiger partial charge is 0.0318 e. The first-order valence-corrected chi connectivity index (χ1v) is 3.98. The van der Waals surface area contributed by atoms with Gasteiger partial charge in [0, 0.05) is 0 Å². The highest BCUT2D eigenvalue weighted by atomic mass is 14.8. The third-order valence-electron chi connectivity index (χ3n) is 3.47. The van der Waals surface area contributed by atoms with Crippen LogP contribution in [0.1, 0.15) is 25.7 Å². The van der Waals surface area contributed by atoms with Gasteiger partial charge < -0.3 is 0 Å². The van der Waals surface area contributed by atoms with Gasteiger partial charge in [0.15, 0.2) is 0 Å². The van der Waals surface area contributed by atoms with Gasteiger partial charge in [0.2, 0.25) is 0 Å². The van der Waals surface area contributed by atoms with Crippen molar-refractivity contribution in [3.8, 4) is 0 Å². The Balaban J connectivity index is 1.84. The van der Waals surface area contributed by atoms with E-state index in [2.05, 4.69) is 0 Å². The molecular formula is C8H12. The normalized spacial score (nSPS) is 66.0. The fourth-order valence-electron chi connectivity index (χ4n) is 2.88. The SMILES string of the molecule is C1CCC2C3C(C1)C23. The van der Waals surface area contributed by atoms with E-state index in [1.807, 2.05) is 0 Å². The van der Waals surface area contributed by atoms with Crippen LogP contribution in [0.25, 0.3) is 0 Å². The molecule has 0 saturated heterocycles. The topological polar surface area (TPSA) is 0 Å². The Bertz CT molecular complexity index is 92.0. The van der Waals surface area contributed by atoms with E-state index in [0.29, 0.717) is 0 Å². The third-order valence-corrected chi connectivity index (χ3v) is 3.47. The Hall–Kier alpha value is 0. The van der Waals surface area contributed by atoms with E-state index in [-0.39, 0.29) is 0 Å². The molecule has 0 heteroatoms. The zero-order valence-corrected chi connectivity index (χ0v) is 5.14. The second-order valence-electron chi connectivity index (χ2n) is 3.77. The van der Waals surface area contributed by atoms with Crippen molar-refractivity contribution < 1.29 is 0 Å². The number of hydrogen-bond acceptors (Lipinski definition) is 0. The highest BCUT2D eigenvalue weighted by Crippen LogP contribution is 2.77. The Morgan fingerprint density at radius 1 is 0.750 bits per heavy atom. The Morgan fingerprint density at radius 3 is 1.75 bits per heavy atom. The van der Waals surface area contributed by atoms with Gasteiger partial charge in [-0.3, -0.25) is 0 Å². The molecule has 0 aromatic rings. The summed E-state index contributed by atoms with van der Waals surface area (Å²) in [6.45, 7) is 0. The minimum atomic E-state index is 1.25. The number of rotatable bonds is 0. The molecule has 4 aliphatic carbocycles. The average Bonchev–Trinajstić information content (AvgIpc) is 2.59. The van der Waals surface area contributed by atoms with E-state index in [1.165, 1.54) is 23.7 Å². The predicted molar refractivity (Wildman–Crippen MR) is 32.4 cm³/mol. The van der Waals surface area contributed by atoms with Crippen LogP contribution in [0.5, 0.6) is 0 Å². The molecule has 0 nitrogen and oxygen atoms in total. The highest BCUT2D eigenvalue weighted by molar-refractivity contribution is 5.19. The largest absolute Gasteiger partial charge is 0.0530 e. The summed E-state index contributed by atoms with van der Waals surface area (Å²) in [5.41, 5.74) is 0. The van der Waals surface area contributed by atoms with E-state index >= 15 is 0 Å². The molecule has 4 saturated carbocycles. The molecule has 0 N–H and O–H groups in total. The molecule has 44 valence electrons. The summed E-state index contributed by atoms with van der Waals surface area (Å²) in [6, 6.07) is 0. The van der Waals surface area contributed by atoms with Crippen molar-refractivity contribution in [3.05, 3.63) is 0 Å². The Kier molecular flexibility index (Phi) is 0.482. The molecule has 8 heavy (non-hydrogen) atoms.